The molecular formula is C17H25ClN2O2. The van der Waals surface area contributed by atoms with E-state index in [-0.39, 0.29) is 5.91 Å². The second-order valence-electron chi connectivity index (χ2n) is 5.84. The topological polar surface area (TPSA) is 41.6 Å². The minimum atomic E-state index is -0.654. The molecule has 2 atom stereocenters. The Kier molecular flexibility index (Phi) is 6.52. The van der Waals surface area contributed by atoms with Crippen molar-refractivity contribution in [1.29, 1.82) is 0 Å². The van der Waals surface area contributed by atoms with Gasteiger partial charge in [-0.2, -0.15) is 0 Å². The largest absolute Gasteiger partial charge is 0.497 e. The third-order valence-electron chi connectivity index (χ3n) is 4.11. The summed E-state index contributed by atoms with van der Waals surface area (Å²) in [7, 11) is 1.61. The van der Waals surface area contributed by atoms with Crippen LogP contribution in [0.4, 0.5) is 0 Å². The number of rotatable bonds is 7. The van der Waals surface area contributed by atoms with Crippen LogP contribution in [0.5, 0.6) is 5.75 Å². The third-order valence-corrected chi connectivity index (χ3v) is 4.56. The van der Waals surface area contributed by atoms with Crippen LogP contribution in [0, 0.1) is 5.92 Å². The summed E-state index contributed by atoms with van der Waals surface area (Å²) in [6.45, 7) is 6.26. The van der Waals surface area contributed by atoms with Gasteiger partial charge in [-0.05, 0) is 49.5 Å². The molecule has 1 aromatic rings. The fraction of sp³-hybridized carbons (Fsp3) is 0.588. The monoisotopic (exact) mass is 324 g/mol. The van der Waals surface area contributed by atoms with Crippen molar-refractivity contribution in [3.05, 3.63) is 29.8 Å². The molecule has 1 aliphatic heterocycles. The van der Waals surface area contributed by atoms with E-state index in [1.165, 1.54) is 6.42 Å². The average molecular weight is 325 g/mol. The molecule has 0 aliphatic carbocycles. The van der Waals surface area contributed by atoms with Crippen LogP contribution in [0.15, 0.2) is 24.3 Å². The molecule has 0 saturated carbocycles. The molecule has 1 amide bonds. The number of halogens is 1. The molecule has 0 bridgehead atoms. The van der Waals surface area contributed by atoms with Crippen LogP contribution in [-0.2, 0) is 4.79 Å². The van der Waals surface area contributed by atoms with Crippen molar-refractivity contribution < 1.29 is 9.53 Å². The molecule has 1 fully saturated rings. The van der Waals surface area contributed by atoms with Crippen molar-refractivity contribution >= 4 is 17.5 Å². The van der Waals surface area contributed by atoms with Crippen LogP contribution >= 0.6 is 11.6 Å². The number of alkyl halides is 1. The van der Waals surface area contributed by atoms with Gasteiger partial charge in [-0.15, -0.1) is 11.6 Å². The fourth-order valence-electron chi connectivity index (χ4n) is 2.86. The van der Waals surface area contributed by atoms with E-state index in [9.17, 15) is 4.79 Å². The summed E-state index contributed by atoms with van der Waals surface area (Å²) in [5, 5.41) is 2.33. The standard InChI is InChI=1S/C17H25ClN2O2/c1-3-9-20-10-8-13(12-20)11-19-17(21)16(18)14-4-6-15(22-2)7-5-14/h4-7,13,16H,3,8-12H2,1-2H3,(H,19,21). The van der Waals surface area contributed by atoms with Gasteiger partial charge in [0.1, 0.15) is 11.1 Å². The quantitative estimate of drug-likeness (QED) is 0.784. The maximum atomic E-state index is 12.2. The molecule has 0 aromatic heterocycles. The van der Waals surface area contributed by atoms with Crippen molar-refractivity contribution in [3.8, 4) is 5.75 Å². The summed E-state index contributed by atoms with van der Waals surface area (Å²) in [5.74, 6) is 1.17. The van der Waals surface area contributed by atoms with E-state index in [1.54, 1.807) is 7.11 Å². The smallest absolute Gasteiger partial charge is 0.242 e. The van der Waals surface area contributed by atoms with Gasteiger partial charge in [0.2, 0.25) is 5.91 Å². The Hall–Kier alpha value is -1.26. The predicted molar refractivity (Wildman–Crippen MR) is 89.4 cm³/mol. The third kappa shape index (κ3) is 4.62. The van der Waals surface area contributed by atoms with Gasteiger partial charge in [0, 0.05) is 13.1 Å². The first kappa shape index (κ1) is 17.1. The lowest BCUT2D eigenvalue weighted by molar-refractivity contribution is -0.121. The number of likely N-dealkylation sites (tertiary alicyclic amines) is 1. The number of hydrogen-bond acceptors (Lipinski definition) is 3. The maximum absolute atomic E-state index is 12.2. The van der Waals surface area contributed by atoms with Crippen LogP contribution in [0.3, 0.4) is 0 Å². The minimum Gasteiger partial charge on any atom is -0.497 e. The molecule has 0 radical (unpaired) electrons. The second kappa shape index (κ2) is 8.39. The molecule has 122 valence electrons. The van der Waals surface area contributed by atoms with Gasteiger partial charge < -0.3 is 15.0 Å². The van der Waals surface area contributed by atoms with Crippen LogP contribution in [0.2, 0.25) is 0 Å². The first-order valence-electron chi connectivity index (χ1n) is 7.92. The van der Waals surface area contributed by atoms with Gasteiger partial charge in [-0.1, -0.05) is 19.1 Å². The molecule has 0 spiro atoms. The first-order valence-corrected chi connectivity index (χ1v) is 8.35. The molecule has 5 heteroatoms. The van der Waals surface area contributed by atoms with E-state index >= 15 is 0 Å². The number of amides is 1. The van der Waals surface area contributed by atoms with E-state index in [4.69, 9.17) is 16.3 Å². The van der Waals surface area contributed by atoms with Crippen molar-refractivity contribution in [1.82, 2.24) is 10.2 Å². The number of carbonyl (C=O) groups is 1. The lowest BCUT2D eigenvalue weighted by Crippen LogP contribution is -2.33. The SMILES string of the molecule is CCCN1CCC(CNC(=O)C(Cl)c2ccc(OC)cc2)C1. The molecule has 1 heterocycles. The van der Waals surface area contributed by atoms with Crippen molar-refractivity contribution in [3.63, 3.8) is 0 Å². The zero-order valence-corrected chi connectivity index (χ0v) is 14.1. The van der Waals surface area contributed by atoms with Crippen molar-refractivity contribution in [2.75, 3.05) is 33.3 Å². The molecule has 2 rings (SSSR count). The number of nitrogens with one attached hydrogen (secondary N) is 1. The molecule has 1 saturated heterocycles. The maximum Gasteiger partial charge on any atom is 0.242 e. The summed E-state index contributed by atoms with van der Waals surface area (Å²) in [5.41, 5.74) is 0.791. The van der Waals surface area contributed by atoms with Gasteiger partial charge in [0.05, 0.1) is 7.11 Å². The Morgan fingerprint density at radius 2 is 2.18 bits per heavy atom. The molecular weight excluding hydrogens is 300 g/mol. The van der Waals surface area contributed by atoms with Crippen LogP contribution in [0.1, 0.15) is 30.7 Å². The van der Waals surface area contributed by atoms with E-state index in [2.05, 4.69) is 17.1 Å². The van der Waals surface area contributed by atoms with Crippen molar-refractivity contribution in [2.24, 2.45) is 5.92 Å². The molecule has 1 aliphatic rings. The summed E-state index contributed by atoms with van der Waals surface area (Å²) in [4.78, 5) is 14.6. The summed E-state index contributed by atoms with van der Waals surface area (Å²) in [6, 6.07) is 7.29. The molecule has 1 N–H and O–H groups in total. The number of benzene rings is 1. The zero-order valence-electron chi connectivity index (χ0n) is 13.3. The normalized spacial score (nSPS) is 19.9. The minimum absolute atomic E-state index is 0.124. The molecule has 22 heavy (non-hydrogen) atoms. The number of hydrogen-bond donors (Lipinski definition) is 1. The Balaban J connectivity index is 1.79. The van der Waals surface area contributed by atoms with Crippen LogP contribution in [-0.4, -0.2) is 44.1 Å². The van der Waals surface area contributed by atoms with Crippen LogP contribution in [0.25, 0.3) is 0 Å². The Bertz CT molecular complexity index is 478. The van der Waals surface area contributed by atoms with E-state index in [0.717, 1.165) is 37.4 Å². The predicted octanol–water partition coefficient (Wildman–Crippen LogP) is 2.82. The highest BCUT2D eigenvalue weighted by Gasteiger charge is 2.24. The molecule has 4 nitrogen and oxygen atoms in total. The van der Waals surface area contributed by atoms with Gasteiger partial charge in [-0.3, -0.25) is 4.79 Å². The van der Waals surface area contributed by atoms with Gasteiger partial charge in [0.15, 0.2) is 0 Å². The highest BCUT2D eigenvalue weighted by atomic mass is 35.5. The highest BCUT2D eigenvalue weighted by molar-refractivity contribution is 6.30. The highest BCUT2D eigenvalue weighted by Crippen LogP contribution is 2.23. The van der Waals surface area contributed by atoms with E-state index in [0.29, 0.717) is 12.5 Å². The number of ether oxygens (including phenoxy) is 1. The van der Waals surface area contributed by atoms with Crippen LogP contribution < -0.4 is 10.1 Å². The fourth-order valence-corrected chi connectivity index (χ4v) is 3.08. The summed E-state index contributed by atoms with van der Waals surface area (Å²) in [6.07, 6.45) is 2.33. The number of carbonyl (C=O) groups excluding carboxylic acids is 1. The first-order chi connectivity index (χ1) is 10.6. The van der Waals surface area contributed by atoms with E-state index in [1.807, 2.05) is 24.3 Å². The molecule has 1 aromatic carbocycles. The molecule has 2 unspecified atom stereocenters. The Morgan fingerprint density at radius 1 is 1.45 bits per heavy atom. The average Bonchev–Trinajstić information content (AvgIpc) is 3.00. The lowest BCUT2D eigenvalue weighted by Gasteiger charge is -2.16. The van der Waals surface area contributed by atoms with Gasteiger partial charge in [0.25, 0.3) is 0 Å². The lowest BCUT2D eigenvalue weighted by atomic mass is 10.1. The Morgan fingerprint density at radius 3 is 2.82 bits per heavy atom. The van der Waals surface area contributed by atoms with E-state index < -0.39 is 5.38 Å². The number of nitrogens with zero attached hydrogens (tertiary/aromatic N) is 1. The summed E-state index contributed by atoms with van der Waals surface area (Å²) < 4.78 is 5.11. The summed E-state index contributed by atoms with van der Waals surface area (Å²) >= 11 is 6.25. The Labute approximate surface area is 137 Å². The zero-order chi connectivity index (χ0) is 15.9. The number of methoxy groups -OCH3 is 1. The van der Waals surface area contributed by atoms with Gasteiger partial charge >= 0.3 is 0 Å². The van der Waals surface area contributed by atoms with Gasteiger partial charge in [-0.25, -0.2) is 0 Å². The second-order valence-corrected chi connectivity index (χ2v) is 6.27. The van der Waals surface area contributed by atoms with Crippen molar-refractivity contribution in [2.45, 2.75) is 25.1 Å².